The third kappa shape index (κ3) is 3.18. The van der Waals surface area contributed by atoms with Crippen LogP contribution in [0.25, 0.3) is 5.78 Å². The second kappa shape index (κ2) is 5.54. The standard InChI is InChI=1S/C13H8Cl2F3N5/c1-6-4-10(20-9-3-2-7(14)5-8(9)15)23-12(19-6)21-11(22-23)13(16,17)18/h2-5,20H,1H3. The van der Waals surface area contributed by atoms with E-state index in [9.17, 15) is 13.2 Å². The first kappa shape index (κ1) is 15.8. The second-order valence-corrected chi connectivity index (χ2v) is 5.52. The molecule has 0 saturated carbocycles. The van der Waals surface area contributed by atoms with Crippen LogP contribution < -0.4 is 5.32 Å². The Morgan fingerprint density at radius 2 is 1.87 bits per heavy atom. The predicted octanol–water partition coefficient (Wildman–Crippen LogP) is 4.50. The van der Waals surface area contributed by atoms with Crippen molar-refractivity contribution in [3.8, 4) is 0 Å². The Kier molecular flexibility index (Phi) is 3.81. The Labute approximate surface area is 138 Å². The maximum absolute atomic E-state index is 12.8. The van der Waals surface area contributed by atoms with E-state index >= 15 is 0 Å². The molecule has 5 nitrogen and oxygen atoms in total. The van der Waals surface area contributed by atoms with E-state index in [4.69, 9.17) is 23.2 Å². The van der Waals surface area contributed by atoms with Gasteiger partial charge in [0.2, 0.25) is 0 Å². The number of halogens is 5. The molecule has 0 atom stereocenters. The zero-order chi connectivity index (χ0) is 16.8. The minimum absolute atomic E-state index is 0.162. The number of rotatable bonds is 2. The maximum atomic E-state index is 12.8. The van der Waals surface area contributed by atoms with Crippen LogP contribution in [-0.4, -0.2) is 19.6 Å². The first-order chi connectivity index (χ1) is 10.7. The molecule has 0 aliphatic heterocycles. The van der Waals surface area contributed by atoms with E-state index in [0.29, 0.717) is 21.4 Å². The molecule has 0 spiro atoms. The molecule has 1 aromatic carbocycles. The lowest BCUT2D eigenvalue weighted by Gasteiger charge is -2.10. The summed E-state index contributed by atoms with van der Waals surface area (Å²) < 4.78 is 39.3. The molecule has 23 heavy (non-hydrogen) atoms. The van der Waals surface area contributed by atoms with Gasteiger partial charge in [-0.2, -0.15) is 22.7 Å². The fourth-order valence-electron chi connectivity index (χ4n) is 1.92. The average molecular weight is 362 g/mol. The highest BCUT2D eigenvalue weighted by Crippen LogP contribution is 2.30. The fourth-order valence-corrected chi connectivity index (χ4v) is 2.38. The normalized spacial score (nSPS) is 11.9. The van der Waals surface area contributed by atoms with E-state index in [-0.39, 0.29) is 11.6 Å². The van der Waals surface area contributed by atoms with Crippen LogP contribution in [0.15, 0.2) is 24.3 Å². The zero-order valence-corrected chi connectivity index (χ0v) is 13.0. The van der Waals surface area contributed by atoms with E-state index in [1.54, 1.807) is 19.1 Å². The van der Waals surface area contributed by atoms with Crippen LogP contribution in [0.4, 0.5) is 24.7 Å². The van der Waals surface area contributed by atoms with Crippen LogP contribution in [0, 0.1) is 6.92 Å². The summed E-state index contributed by atoms with van der Waals surface area (Å²) in [4.78, 5) is 7.35. The third-order valence-electron chi connectivity index (χ3n) is 2.89. The van der Waals surface area contributed by atoms with Crippen molar-refractivity contribution in [1.82, 2.24) is 19.6 Å². The van der Waals surface area contributed by atoms with Crippen LogP contribution in [0.5, 0.6) is 0 Å². The van der Waals surface area contributed by atoms with Gasteiger partial charge in [0, 0.05) is 16.8 Å². The van der Waals surface area contributed by atoms with Crippen LogP contribution in [0.2, 0.25) is 10.0 Å². The monoisotopic (exact) mass is 361 g/mol. The van der Waals surface area contributed by atoms with Gasteiger partial charge < -0.3 is 5.32 Å². The SMILES string of the molecule is Cc1cc(Nc2ccc(Cl)cc2Cl)n2nc(C(F)(F)F)nc2n1. The van der Waals surface area contributed by atoms with E-state index in [0.717, 1.165) is 4.52 Å². The van der Waals surface area contributed by atoms with E-state index in [2.05, 4.69) is 20.4 Å². The van der Waals surface area contributed by atoms with Gasteiger partial charge in [-0.25, -0.2) is 4.98 Å². The minimum atomic E-state index is -4.66. The Morgan fingerprint density at radius 1 is 1.13 bits per heavy atom. The van der Waals surface area contributed by atoms with Crippen molar-refractivity contribution >= 4 is 40.5 Å². The van der Waals surface area contributed by atoms with E-state index < -0.39 is 12.0 Å². The number of aromatic nitrogens is 4. The summed E-state index contributed by atoms with van der Waals surface area (Å²) in [5.41, 5.74) is 0.943. The van der Waals surface area contributed by atoms with Gasteiger partial charge in [0.15, 0.2) is 0 Å². The minimum Gasteiger partial charge on any atom is -0.339 e. The molecule has 2 heterocycles. The van der Waals surface area contributed by atoms with Crippen LogP contribution in [0.3, 0.4) is 0 Å². The lowest BCUT2D eigenvalue weighted by atomic mass is 10.3. The molecule has 0 radical (unpaired) electrons. The molecule has 3 aromatic rings. The van der Waals surface area contributed by atoms with Gasteiger partial charge >= 0.3 is 6.18 Å². The summed E-state index contributed by atoms with van der Waals surface area (Å²) in [7, 11) is 0. The summed E-state index contributed by atoms with van der Waals surface area (Å²) in [6.07, 6.45) is -4.66. The first-order valence-electron chi connectivity index (χ1n) is 6.28. The number of hydrogen-bond acceptors (Lipinski definition) is 4. The molecule has 0 aliphatic carbocycles. The number of nitrogens with one attached hydrogen (secondary N) is 1. The Hall–Kier alpha value is -2.06. The van der Waals surface area contributed by atoms with E-state index in [1.807, 2.05) is 0 Å². The molecule has 120 valence electrons. The molecule has 0 fully saturated rings. The third-order valence-corrected chi connectivity index (χ3v) is 3.44. The van der Waals surface area contributed by atoms with Gasteiger partial charge in [0.05, 0.1) is 10.7 Å². The number of nitrogens with zero attached hydrogens (tertiary/aromatic N) is 4. The molecule has 0 amide bonds. The smallest absolute Gasteiger partial charge is 0.339 e. The van der Waals surface area contributed by atoms with Gasteiger partial charge in [0.1, 0.15) is 5.82 Å². The Morgan fingerprint density at radius 3 is 2.52 bits per heavy atom. The summed E-state index contributed by atoms with van der Waals surface area (Å²) in [6.45, 7) is 1.64. The number of anilines is 2. The largest absolute Gasteiger partial charge is 0.453 e. The van der Waals surface area contributed by atoms with Gasteiger partial charge in [-0.3, -0.25) is 0 Å². The molecule has 0 aliphatic rings. The predicted molar refractivity (Wildman–Crippen MR) is 80.3 cm³/mol. The number of benzene rings is 1. The highest BCUT2D eigenvalue weighted by molar-refractivity contribution is 6.36. The van der Waals surface area contributed by atoms with Crippen molar-refractivity contribution in [3.05, 3.63) is 45.8 Å². The van der Waals surface area contributed by atoms with Gasteiger partial charge in [-0.1, -0.05) is 23.2 Å². The van der Waals surface area contributed by atoms with Gasteiger partial charge in [-0.05, 0) is 25.1 Å². The second-order valence-electron chi connectivity index (χ2n) is 4.68. The molecule has 0 saturated heterocycles. The molecule has 2 aromatic heterocycles. The van der Waals surface area contributed by atoms with Crippen molar-refractivity contribution in [2.45, 2.75) is 13.1 Å². The zero-order valence-electron chi connectivity index (χ0n) is 11.5. The molecule has 3 rings (SSSR count). The van der Waals surface area contributed by atoms with Crippen molar-refractivity contribution in [2.24, 2.45) is 0 Å². The van der Waals surface area contributed by atoms with Crippen molar-refractivity contribution in [2.75, 3.05) is 5.32 Å². The fraction of sp³-hybridized carbons (Fsp3) is 0.154. The molecule has 0 bridgehead atoms. The number of fused-ring (bicyclic) bond motifs is 1. The van der Waals surface area contributed by atoms with Crippen molar-refractivity contribution in [3.63, 3.8) is 0 Å². The molecule has 1 N–H and O–H groups in total. The van der Waals surface area contributed by atoms with Crippen LogP contribution in [-0.2, 0) is 6.18 Å². The number of aryl methyl sites for hydroxylation is 1. The summed E-state index contributed by atoms with van der Waals surface area (Å²) >= 11 is 11.9. The first-order valence-corrected chi connectivity index (χ1v) is 7.03. The van der Waals surface area contributed by atoms with Crippen LogP contribution in [0.1, 0.15) is 11.5 Å². The summed E-state index contributed by atoms with van der Waals surface area (Å²) in [6, 6.07) is 6.25. The Balaban J connectivity index is 2.11. The van der Waals surface area contributed by atoms with Gasteiger partial charge in [0.25, 0.3) is 11.6 Å². The topological polar surface area (TPSA) is 55.1 Å². The van der Waals surface area contributed by atoms with E-state index in [1.165, 1.54) is 12.1 Å². The van der Waals surface area contributed by atoms with Gasteiger partial charge in [-0.15, -0.1) is 5.10 Å². The Bertz CT molecular complexity index is 891. The summed E-state index contributed by atoms with van der Waals surface area (Å²) in [5, 5.41) is 7.12. The number of alkyl halides is 3. The molecular formula is C13H8Cl2F3N5. The van der Waals surface area contributed by atoms with Crippen LogP contribution >= 0.6 is 23.2 Å². The lowest BCUT2D eigenvalue weighted by Crippen LogP contribution is -2.08. The maximum Gasteiger partial charge on any atom is 0.453 e. The molecule has 10 heteroatoms. The number of hydrogen-bond donors (Lipinski definition) is 1. The highest BCUT2D eigenvalue weighted by atomic mass is 35.5. The summed E-state index contributed by atoms with van der Waals surface area (Å²) in [5.74, 6) is -1.18. The average Bonchev–Trinajstić information content (AvgIpc) is 2.85. The highest BCUT2D eigenvalue weighted by Gasteiger charge is 2.36. The van der Waals surface area contributed by atoms with Crippen molar-refractivity contribution < 1.29 is 13.2 Å². The van der Waals surface area contributed by atoms with Crippen molar-refractivity contribution in [1.29, 1.82) is 0 Å². The quantitative estimate of drug-likeness (QED) is 0.729. The lowest BCUT2D eigenvalue weighted by molar-refractivity contribution is -0.144. The molecule has 0 unspecified atom stereocenters. The molecular weight excluding hydrogens is 354 g/mol.